The molecule has 2 heterocycles. The van der Waals surface area contributed by atoms with Crippen molar-refractivity contribution in [1.29, 1.82) is 0 Å². The van der Waals surface area contributed by atoms with Crippen molar-refractivity contribution in [2.45, 2.75) is 52.3 Å². The summed E-state index contributed by atoms with van der Waals surface area (Å²) in [7, 11) is 1.71. The number of hydrogen-bond donors (Lipinski definition) is 3. The second-order valence-electron chi connectivity index (χ2n) is 10.6. The smallest absolute Gasteiger partial charge is 0.317 e. The van der Waals surface area contributed by atoms with Crippen molar-refractivity contribution in [2.75, 3.05) is 64.9 Å². The highest BCUT2D eigenvalue weighted by Crippen LogP contribution is 2.30. The second kappa shape index (κ2) is 13.8. The van der Waals surface area contributed by atoms with Gasteiger partial charge in [0, 0.05) is 57.3 Å². The Labute approximate surface area is 225 Å². The zero-order valence-electron chi connectivity index (χ0n) is 23.2. The molecule has 0 spiro atoms. The first-order valence-corrected chi connectivity index (χ1v) is 13.4. The molecule has 11 heteroatoms. The number of aliphatic hydroxyl groups excluding tert-OH is 1. The molecule has 4 amide bonds. The third-order valence-electron chi connectivity index (χ3n) is 6.92. The van der Waals surface area contributed by atoms with E-state index in [1.807, 2.05) is 20.8 Å². The van der Waals surface area contributed by atoms with Gasteiger partial charge in [-0.1, -0.05) is 6.92 Å². The van der Waals surface area contributed by atoms with Crippen LogP contribution in [0.4, 0.5) is 10.5 Å². The lowest BCUT2D eigenvalue weighted by molar-refractivity contribution is -0.116. The zero-order chi connectivity index (χ0) is 27.8. The Morgan fingerprint density at radius 2 is 1.92 bits per heavy atom. The summed E-state index contributed by atoms with van der Waals surface area (Å²) in [6, 6.07) is 4.42. The predicted octanol–water partition coefficient (Wildman–Crippen LogP) is 1.62. The van der Waals surface area contributed by atoms with E-state index in [-0.39, 0.29) is 36.4 Å². The topological polar surface area (TPSA) is 124 Å². The van der Waals surface area contributed by atoms with Gasteiger partial charge in [-0.3, -0.25) is 14.5 Å². The molecular formula is C27H43N5O6. The van der Waals surface area contributed by atoms with Gasteiger partial charge in [-0.2, -0.15) is 0 Å². The third kappa shape index (κ3) is 8.05. The lowest BCUT2D eigenvalue weighted by atomic mass is 9.99. The summed E-state index contributed by atoms with van der Waals surface area (Å²) >= 11 is 0. The molecule has 11 nitrogen and oxygen atoms in total. The van der Waals surface area contributed by atoms with E-state index >= 15 is 0 Å². The highest BCUT2D eigenvalue weighted by Gasteiger charge is 2.34. The van der Waals surface area contributed by atoms with Gasteiger partial charge in [0.25, 0.3) is 5.91 Å². The van der Waals surface area contributed by atoms with Crippen molar-refractivity contribution < 1.29 is 29.0 Å². The largest absolute Gasteiger partial charge is 0.487 e. The van der Waals surface area contributed by atoms with Gasteiger partial charge in [-0.05, 0) is 39.0 Å². The van der Waals surface area contributed by atoms with Crippen molar-refractivity contribution in [3.8, 4) is 5.75 Å². The van der Waals surface area contributed by atoms with Crippen molar-refractivity contribution in [3.63, 3.8) is 0 Å². The number of nitrogens with one attached hydrogen (secondary N) is 2. The Hall–Kier alpha value is -2.89. The summed E-state index contributed by atoms with van der Waals surface area (Å²) in [5.74, 6) is -0.150. The Kier molecular flexibility index (Phi) is 10.7. The molecule has 1 fully saturated rings. The third-order valence-corrected chi connectivity index (χ3v) is 6.92. The van der Waals surface area contributed by atoms with Gasteiger partial charge < -0.3 is 35.0 Å². The lowest BCUT2D eigenvalue weighted by Crippen LogP contribution is -2.51. The molecule has 212 valence electrons. The normalized spacial score (nSPS) is 21.1. The quantitative estimate of drug-likeness (QED) is 0.441. The van der Waals surface area contributed by atoms with Gasteiger partial charge >= 0.3 is 6.03 Å². The summed E-state index contributed by atoms with van der Waals surface area (Å²) < 4.78 is 11.7. The van der Waals surface area contributed by atoms with Crippen molar-refractivity contribution >= 4 is 23.5 Å². The van der Waals surface area contributed by atoms with Gasteiger partial charge in [-0.15, -0.1) is 0 Å². The van der Waals surface area contributed by atoms with Crippen LogP contribution in [0.25, 0.3) is 0 Å². The first-order valence-electron chi connectivity index (χ1n) is 13.4. The average Bonchev–Trinajstić information content (AvgIpc) is 2.89. The summed E-state index contributed by atoms with van der Waals surface area (Å²) in [5, 5.41) is 15.6. The lowest BCUT2D eigenvalue weighted by Gasteiger charge is -2.38. The highest BCUT2D eigenvalue weighted by atomic mass is 16.5. The van der Waals surface area contributed by atoms with E-state index in [1.165, 1.54) is 0 Å². The molecule has 2 aliphatic rings. The number of hydrogen-bond acceptors (Lipinski definition) is 7. The number of nitrogens with zero attached hydrogens (tertiary/aromatic N) is 3. The number of fused-ring (bicyclic) bond motifs is 1. The molecule has 0 aliphatic carbocycles. The Bertz CT molecular complexity index is 967. The van der Waals surface area contributed by atoms with E-state index < -0.39 is 12.1 Å². The summed E-state index contributed by atoms with van der Waals surface area (Å²) in [6.07, 6.45) is -0.0633. The number of rotatable bonds is 9. The van der Waals surface area contributed by atoms with Crippen LogP contribution in [0.3, 0.4) is 0 Å². The molecule has 0 saturated carbocycles. The fraction of sp³-hybridized carbons (Fsp3) is 0.667. The summed E-state index contributed by atoms with van der Waals surface area (Å²) in [5.41, 5.74) is 0.811. The number of benzene rings is 1. The number of amides is 4. The van der Waals surface area contributed by atoms with E-state index in [0.29, 0.717) is 56.3 Å². The molecule has 0 aromatic heterocycles. The van der Waals surface area contributed by atoms with E-state index in [9.17, 15) is 19.5 Å². The maximum atomic E-state index is 13.6. The van der Waals surface area contributed by atoms with Gasteiger partial charge in [0.15, 0.2) is 0 Å². The molecule has 2 aliphatic heterocycles. The van der Waals surface area contributed by atoms with Gasteiger partial charge in [0.2, 0.25) is 5.91 Å². The van der Waals surface area contributed by atoms with E-state index in [0.717, 1.165) is 13.1 Å². The molecule has 3 atom stereocenters. The van der Waals surface area contributed by atoms with Crippen LogP contribution in [-0.2, 0) is 9.53 Å². The molecule has 3 N–H and O–H groups in total. The monoisotopic (exact) mass is 533 g/mol. The van der Waals surface area contributed by atoms with Crippen molar-refractivity contribution in [2.24, 2.45) is 5.92 Å². The molecule has 0 unspecified atom stereocenters. The minimum absolute atomic E-state index is 0.00219. The number of aliphatic hydroxyl groups is 1. The van der Waals surface area contributed by atoms with Crippen LogP contribution in [0.2, 0.25) is 0 Å². The Morgan fingerprint density at radius 1 is 1.21 bits per heavy atom. The van der Waals surface area contributed by atoms with Crippen LogP contribution >= 0.6 is 0 Å². The minimum atomic E-state index is -0.412. The number of ether oxygens (including phenoxy) is 2. The SMILES string of the molecule is CC(C)NC(=O)N(C)C[C@@H]1Oc2ccc(NC(=O)CCN3CCOCC3)cc2C(=O)N([C@H](C)CO)C[C@H]1C. The minimum Gasteiger partial charge on any atom is -0.487 e. The van der Waals surface area contributed by atoms with E-state index in [2.05, 4.69) is 15.5 Å². The molecule has 38 heavy (non-hydrogen) atoms. The van der Waals surface area contributed by atoms with Crippen LogP contribution in [0.5, 0.6) is 5.75 Å². The first kappa shape index (κ1) is 29.7. The van der Waals surface area contributed by atoms with Gasteiger partial charge in [0.05, 0.1) is 38.0 Å². The number of morpholine rings is 1. The molecule has 0 radical (unpaired) electrons. The van der Waals surface area contributed by atoms with Gasteiger partial charge in [-0.25, -0.2) is 4.79 Å². The number of anilines is 1. The fourth-order valence-electron chi connectivity index (χ4n) is 4.54. The Balaban J connectivity index is 1.79. The number of likely N-dealkylation sites (N-methyl/N-ethyl adjacent to an activating group) is 1. The summed E-state index contributed by atoms with van der Waals surface area (Å²) in [6.45, 7) is 11.6. The van der Waals surface area contributed by atoms with E-state index in [4.69, 9.17) is 9.47 Å². The second-order valence-corrected chi connectivity index (χ2v) is 10.6. The number of urea groups is 1. The van der Waals surface area contributed by atoms with Crippen LogP contribution in [0, 0.1) is 5.92 Å². The van der Waals surface area contributed by atoms with E-state index in [1.54, 1.807) is 42.0 Å². The van der Waals surface area contributed by atoms with Crippen LogP contribution in [0.1, 0.15) is 44.5 Å². The van der Waals surface area contributed by atoms with Crippen molar-refractivity contribution in [1.82, 2.24) is 20.0 Å². The van der Waals surface area contributed by atoms with Gasteiger partial charge in [0.1, 0.15) is 11.9 Å². The average molecular weight is 534 g/mol. The van der Waals surface area contributed by atoms with Crippen LogP contribution in [0.15, 0.2) is 18.2 Å². The molecule has 3 rings (SSSR count). The fourth-order valence-corrected chi connectivity index (χ4v) is 4.54. The number of carbonyl (C=O) groups excluding carboxylic acids is 3. The molecule has 0 bridgehead atoms. The van der Waals surface area contributed by atoms with Crippen LogP contribution in [-0.4, -0.2) is 115 Å². The maximum absolute atomic E-state index is 13.6. The predicted molar refractivity (Wildman–Crippen MR) is 144 cm³/mol. The van der Waals surface area contributed by atoms with Crippen LogP contribution < -0.4 is 15.4 Å². The van der Waals surface area contributed by atoms with Crippen molar-refractivity contribution in [3.05, 3.63) is 23.8 Å². The Morgan fingerprint density at radius 3 is 2.58 bits per heavy atom. The molecule has 1 aromatic carbocycles. The highest BCUT2D eigenvalue weighted by molar-refractivity contribution is 6.00. The molecule has 1 aromatic rings. The maximum Gasteiger partial charge on any atom is 0.317 e. The molecule has 1 saturated heterocycles. The standard InChI is InChI=1S/C27H43N5O6/c1-18(2)28-27(36)30(5)16-24-19(3)15-32(20(4)17-33)26(35)22-14-21(6-7-23(22)38-24)29-25(34)8-9-31-10-12-37-13-11-31/h6-7,14,18-20,24,33H,8-13,15-17H2,1-5H3,(H,28,36)(H,29,34)/t19-,20-,24+/m1/s1. The molecular weight excluding hydrogens is 490 g/mol. The zero-order valence-corrected chi connectivity index (χ0v) is 23.2. The summed E-state index contributed by atoms with van der Waals surface area (Å²) in [4.78, 5) is 44.1. The number of carbonyl (C=O) groups is 3. The first-order chi connectivity index (χ1) is 18.1.